The maximum atomic E-state index is 12.0. The molecule has 0 bridgehead atoms. The molecular formula is C13H16F3NO3S. The Bertz CT molecular complexity index is 569. The second kappa shape index (κ2) is 6.23. The average molecular weight is 323 g/mol. The zero-order valence-electron chi connectivity index (χ0n) is 11.2. The van der Waals surface area contributed by atoms with E-state index in [1.165, 1.54) is 12.1 Å². The first kappa shape index (κ1) is 16.1. The second-order valence-corrected chi connectivity index (χ2v) is 7.32. The van der Waals surface area contributed by atoms with Crippen molar-refractivity contribution < 1.29 is 26.3 Å². The molecule has 0 amide bonds. The third-order valence-corrected chi connectivity index (χ3v) is 5.08. The molecule has 0 saturated carbocycles. The molecule has 1 aliphatic rings. The molecule has 0 spiro atoms. The van der Waals surface area contributed by atoms with Crippen LogP contribution in [0.2, 0.25) is 0 Å². The smallest absolute Gasteiger partial charge is 0.406 e. The summed E-state index contributed by atoms with van der Waals surface area (Å²) in [4.78, 5) is 0. The molecule has 1 aliphatic heterocycles. The van der Waals surface area contributed by atoms with Crippen molar-refractivity contribution in [2.45, 2.75) is 19.3 Å². The molecular weight excluding hydrogens is 307 g/mol. The van der Waals surface area contributed by atoms with Crippen LogP contribution in [0.4, 0.5) is 13.2 Å². The summed E-state index contributed by atoms with van der Waals surface area (Å²) in [7, 11) is -2.88. The predicted molar refractivity (Wildman–Crippen MR) is 71.6 cm³/mol. The highest BCUT2D eigenvalue weighted by atomic mass is 32.2. The van der Waals surface area contributed by atoms with Gasteiger partial charge in [-0.25, -0.2) is 8.42 Å². The Morgan fingerprint density at radius 2 is 1.90 bits per heavy atom. The fourth-order valence-electron chi connectivity index (χ4n) is 2.26. The molecule has 4 nitrogen and oxygen atoms in total. The quantitative estimate of drug-likeness (QED) is 0.902. The van der Waals surface area contributed by atoms with Crippen molar-refractivity contribution in [1.29, 1.82) is 0 Å². The number of hydrogen-bond acceptors (Lipinski definition) is 4. The predicted octanol–water partition coefficient (Wildman–Crippen LogP) is 2.11. The highest BCUT2D eigenvalue weighted by Gasteiger charge is 2.31. The standard InChI is InChI=1S/C13H16F3NO3S/c14-13(15,16)20-12-3-1-10(2-4-12)7-17-8-11-5-6-21(18,19)9-11/h1-4,11,17H,5-9H2. The number of benzene rings is 1. The van der Waals surface area contributed by atoms with Crippen molar-refractivity contribution in [1.82, 2.24) is 5.32 Å². The van der Waals surface area contributed by atoms with Crippen LogP contribution in [0.15, 0.2) is 24.3 Å². The molecule has 8 heteroatoms. The van der Waals surface area contributed by atoms with Crippen molar-refractivity contribution in [3.8, 4) is 5.75 Å². The minimum atomic E-state index is -4.69. The Hall–Kier alpha value is -1.28. The van der Waals surface area contributed by atoms with Crippen LogP contribution in [0.3, 0.4) is 0 Å². The number of alkyl halides is 3. The molecule has 1 heterocycles. The molecule has 1 N–H and O–H groups in total. The van der Waals surface area contributed by atoms with Crippen LogP contribution in [0.25, 0.3) is 0 Å². The van der Waals surface area contributed by atoms with Gasteiger partial charge >= 0.3 is 6.36 Å². The van der Waals surface area contributed by atoms with Crippen molar-refractivity contribution in [3.05, 3.63) is 29.8 Å². The third kappa shape index (κ3) is 5.55. The van der Waals surface area contributed by atoms with E-state index in [1.807, 2.05) is 0 Å². The van der Waals surface area contributed by atoms with E-state index in [4.69, 9.17) is 0 Å². The normalized spacial score (nSPS) is 21.4. The molecule has 1 saturated heterocycles. The van der Waals surface area contributed by atoms with Gasteiger partial charge < -0.3 is 10.1 Å². The Balaban J connectivity index is 1.76. The van der Waals surface area contributed by atoms with E-state index in [1.54, 1.807) is 12.1 Å². The number of sulfone groups is 1. The molecule has 0 aliphatic carbocycles. The summed E-state index contributed by atoms with van der Waals surface area (Å²) in [5, 5.41) is 3.12. The van der Waals surface area contributed by atoms with Crippen LogP contribution in [0, 0.1) is 5.92 Å². The Morgan fingerprint density at radius 1 is 1.24 bits per heavy atom. The van der Waals surface area contributed by atoms with E-state index in [0.29, 0.717) is 19.5 Å². The van der Waals surface area contributed by atoms with Gasteiger partial charge in [-0.05, 0) is 36.6 Å². The lowest BCUT2D eigenvalue weighted by atomic mass is 10.1. The second-order valence-electron chi connectivity index (χ2n) is 5.09. The van der Waals surface area contributed by atoms with E-state index in [9.17, 15) is 21.6 Å². The lowest BCUT2D eigenvalue weighted by molar-refractivity contribution is -0.274. The lowest BCUT2D eigenvalue weighted by Crippen LogP contribution is -2.23. The van der Waals surface area contributed by atoms with Gasteiger partial charge in [-0.1, -0.05) is 12.1 Å². The van der Waals surface area contributed by atoms with E-state index in [-0.39, 0.29) is 23.2 Å². The molecule has 1 fully saturated rings. The third-order valence-electron chi connectivity index (χ3n) is 3.25. The maximum absolute atomic E-state index is 12.0. The topological polar surface area (TPSA) is 55.4 Å². The Morgan fingerprint density at radius 3 is 2.43 bits per heavy atom. The zero-order chi connectivity index (χ0) is 15.5. The van der Waals surface area contributed by atoms with Gasteiger partial charge in [0.15, 0.2) is 9.84 Å². The van der Waals surface area contributed by atoms with Gasteiger partial charge in [0.2, 0.25) is 0 Å². The number of nitrogens with one attached hydrogen (secondary N) is 1. The molecule has 1 aromatic rings. The number of ether oxygens (including phenoxy) is 1. The summed E-state index contributed by atoms with van der Waals surface area (Å²) in [5.74, 6) is 0.303. The Labute approximate surface area is 121 Å². The van der Waals surface area contributed by atoms with E-state index in [0.717, 1.165) is 5.56 Å². The number of hydrogen-bond donors (Lipinski definition) is 1. The highest BCUT2D eigenvalue weighted by molar-refractivity contribution is 7.91. The van der Waals surface area contributed by atoms with E-state index in [2.05, 4.69) is 10.1 Å². The van der Waals surface area contributed by atoms with Crippen LogP contribution in [-0.4, -0.2) is 32.8 Å². The van der Waals surface area contributed by atoms with Crippen LogP contribution in [0.5, 0.6) is 5.75 Å². The fourth-order valence-corrected chi connectivity index (χ4v) is 4.12. The van der Waals surface area contributed by atoms with Crippen LogP contribution in [-0.2, 0) is 16.4 Å². The highest BCUT2D eigenvalue weighted by Crippen LogP contribution is 2.23. The van der Waals surface area contributed by atoms with Crippen molar-refractivity contribution in [3.63, 3.8) is 0 Å². The average Bonchev–Trinajstić information content (AvgIpc) is 2.69. The zero-order valence-corrected chi connectivity index (χ0v) is 12.0. The monoisotopic (exact) mass is 323 g/mol. The minimum absolute atomic E-state index is 0.114. The summed E-state index contributed by atoms with van der Waals surface area (Å²) in [6.45, 7) is 1.06. The summed E-state index contributed by atoms with van der Waals surface area (Å²) in [6, 6.07) is 5.59. The SMILES string of the molecule is O=S1(=O)CCC(CNCc2ccc(OC(F)(F)F)cc2)C1. The van der Waals surface area contributed by atoms with Crippen LogP contribution < -0.4 is 10.1 Å². The molecule has 2 rings (SSSR count). The number of halogens is 3. The summed E-state index contributed by atoms with van der Waals surface area (Å²) in [5.41, 5.74) is 0.811. The van der Waals surface area contributed by atoms with Gasteiger partial charge in [-0.15, -0.1) is 13.2 Å². The van der Waals surface area contributed by atoms with E-state index < -0.39 is 16.2 Å². The van der Waals surface area contributed by atoms with Crippen LogP contribution >= 0.6 is 0 Å². The molecule has 21 heavy (non-hydrogen) atoms. The first-order valence-corrected chi connectivity index (χ1v) is 8.31. The molecule has 1 atom stereocenters. The molecule has 0 radical (unpaired) electrons. The first-order valence-electron chi connectivity index (χ1n) is 6.49. The maximum Gasteiger partial charge on any atom is 0.573 e. The van der Waals surface area contributed by atoms with Gasteiger partial charge in [0.25, 0.3) is 0 Å². The fraction of sp³-hybridized carbons (Fsp3) is 0.538. The van der Waals surface area contributed by atoms with Gasteiger partial charge in [0, 0.05) is 6.54 Å². The summed E-state index contributed by atoms with van der Waals surface area (Å²) in [6.07, 6.45) is -4.03. The number of rotatable bonds is 5. The molecule has 0 aromatic heterocycles. The molecule has 1 unspecified atom stereocenters. The summed E-state index contributed by atoms with van der Waals surface area (Å²) < 4.78 is 62.4. The van der Waals surface area contributed by atoms with E-state index >= 15 is 0 Å². The first-order chi connectivity index (χ1) is 9.73. The van der Waals surface area contributed by atoms with Crippen LogP contribution in [0.1, 0.15) is 12.0 Å². The van der Waals surface area contributed by atoms with Crippen molar-refractivity contribution in [2.24, 2.45) is 5.92 Å². The van der Waals surface area contributed by atoms with Crippen molar-refractivity contribution in [2.75, 3.05) is 18.1 Å². The van der Waals surface area contributed by atoms with Crippen molar-refractivity contribution >= 4 is 9.84 Å². The lowest BCUT2D eigenvalue weighted by Gasteiger charge is -2.11. The largest absolute Gasteiger partial charge is 0.573 e. The molecule has 118 valence electrons. The summed E-state index contributed by atoms with van der Waals surface area (Å²) >= 11 is 0. The van der Waals surface area contributed by atoms with Gasteiger partial charge in [0.05, 0.1) is 11.5 Å². The van der Waals surface area contributed by atoms with Gasteiger partial charge in [0.1, 0.15) is 5.75 Å². The Kier molecular flexibility index (Phi) is 4.77. The van der Waals surface area contributed by atoms with Gasteiger partial charge in [-0.3, -0.25) is 0 Å². The van der Waals surface area contributed by atoms with Gasteiger partial charge in [-0.2, -0.15) is 0 Å². The minimum Gasteiger partial charge on any atom is -0.406 e. The molecule has 1 aromatic carbocycles.